The highest BCUT2D eigenvalue weighted by Crippen LogP contribution is 2.24. The Morgan fingerprint density at radius 2 is 2.06 bits per heavy atom. The summed E-state index contributed by atoms with van der Waals surface area (Å²) in [6.07, 6.45) is 0.988. The van der Waals surface area contributed by atoms with E-state index < -0.39 is 0 Å². The summed E-state index contributed by atoms with van der Waals surface area (Å²) in [5.41, 5.74) is 8.78. The van der Waals surface area contributed by atoms with E-state index in [2.05, 4.69) is 18.0 Å². The normalized spacial score (nSPS) is 10.4. The van der Waals surface area contributed by atoms with Gasteiger partial charge in [0.1, 0.15) is 5.75 Å². The average molecular weight is 242 g/mol. The Labute approximate surface area is 108 Å². The second kappa shape index (κ2) is 5.65. The van der Waals surface area contributed by atoms with E-state index in [-0.39, 0.29) is 0 Å². The minimum absolute atomic E-state index is 0.427. The fourth-order valence-corrected chi connectivity index (χ4v) is 1.75. The van der Waals surface area contributed by atoms with Crippen molar-refractivity contribution < 1.29 is 4.74 Å². The van der Waals surface area contributed by atoms with Gasteiger partial charge in [0.2, 0.25) is 5.88 Å². The number of hydrogen-bond acceptors (Lipinski definition) is 3. The number of hydrogen-bond donors (Lipinski definition) is 1. The van der Waals surface area contributed by atoms with Crippen molar-refractivity contribution in [2.75, 3.05) is 0 Å². The smallest absolute Gasteiger partial charge is 0.223 e. The second-order valence-electron chi connectivity index (χ2n) is 4.22. The highest BCUT2D eigenvalue weighted by Gasteiger charge is 2.06. The van der Waals surface area contributed by atoms with Gasteiger partial charge in [-0.05, 0) is 37.1 Å². The zero-order valence-corrected chi connectivity index (χ0v) is 10.8. The van der Waals surface area contributed by atoms with Crippen molar-refractivity contribution in [3.63, 3.8) is 0 Å². The lowest BCUT2D eigenvalue weighted by molar-refractivity contribution is 0.454. The molecule has 1 aromatic carbocycles. The lowest BCUT2D eigenvalue weighted by atomic mass is 10.2. The van der Waals surface area contributed by atoms with Crippen molar-refractivity contribution in [1.82, 2.24) is 4.98 Å². The number of rotatable bonds is 4. The molecule has 0 aliphatic rings. The Kier molecular flexibility index (Phi) is 3.95. The Hall–Kier alpha value is -1.87. The van der Waals surface area contributed by atoms with Gasteiger partial charge in [-0.15, -0.1) is 0 Å². The average Bonchev–Trinajstić information content (AvgIpc) is 2.39. The zero-order chi connectivity index (χ0) is 13.0. The van der Waals surface area contributed by atoms with Gasteiger partial charge >= 0.3 is 0 Å². The first-order valence-electron chi connectivity index (χ1n) is 6.16. The maximum atomic E-state index is 5.83. The summed E-state index contributed by atoms with van der Waals surface area (Å²) in [7, 11) is 0. The Morgan fingerprint density at radius 1 is 1.22 bits per heavy atom. The van der Waals surface area contributed by atoms with Crippen LogP contribution in [-0.4, -0.2) is 4.98 Å². The molecule has 0 saturated carbocycles. The van der Waals surface area contributed by atoms with E-state index in [0.717, 1.165) is 23.4 Å². The van der Waals surface area contributed by atoms with E-state index in [4.69, 9.17) is 10.5 Å². The quantitative estimate of drug-likeness (QED) is 0.895. The standard InChI is InChI=1S/C15H18N2O/c1-3-12-5-4-6-14(9-12)18-15-13(10-16)8-7-11(2)17-15/h4-9H,3,10,16H2,1-2H3. The third-order valence-electron chi connectivity index (χ3n) is 2.82. The van der Waals surface area contributed by atoms with Gasteiger partial charge in [-0.25, -0.2) is 4.98 Å². The molecule has 0 fully saturated rings. The number of pyridine rings is 1. The molecule has 2 aromatic rings. The minimum Gasteiger partial charge on any atom is -0.439 e. The van der Waals surface area contributed by atoms with Crippen LogP contribution in [0.3, 0.4) is 0 Å². The summed E-state index contributed by atoms with van der Waals surface area (Å²) < 4.78 is 5.83. The molecule has 2 N–H and O–H groups in total. The molecule has 1 heterocycles. The Bertz CT molecular complexity index is 538. The molecule has 0 atom stereocenters. The molecule has 94 valence electrons. The molecule has 0 aliphatic carbocycles. The maximum absolute atomic E-state index is 5.83. The van der Waals surface area contributed by atoms with Crippen LogP contribution in [0.4, 0.5) is 0 Å². The van der Waals surface area contributed by atoms with E-state index in [1.807, 2.05) is 37.3 Å². The van der Waals surface area contributed by atoms with E-state index in [9.17, 15) is 0 Å². The van der Waals surface area contributed by atoms with Gasteiger partial charge < -0.3 is 10.5 Å². The molecular weight excluding hydrogens is 224 g/mol. The zero-order valence-electron chi connectivity index (χ0n) is 10.8. The number of benzene rings is 1. The van der Waals surface area contributed by atoms with Crippen LogP contribution in [0.2, 0.25) is 0 Å². The summed E-state index contributed by atoms with van der Waals surface area (Å²) in [5, 5.41) is 0. The van der Waals surface area contributed by atoms with Gasteiger partial charge in [0, 0.05) is 17.8 Å². The van der Waals surface area contributed by atoms with Gasteiger partial charge in [0.05, 0.1) is 0 Å². The molecule has 0 unspecified atom stereocenters. The predicted octanol–water partition coefficient (Wildman–Crippen LogP) is 3.20. The van der Waals surface area contributed by atoms with Crippen molar-refractivity contribution >= 4 is 0 Å². The van der Waals surface area contributed by atoms with Gasteiger partial charge in [-0.2, -0.15) is 0 Å². The van der Waals surface area contributed by atoms with E-state index in [0.29, 0.717) is 12.4 Å². The number of nitrogens with zero attached hydrogens (tertiary/aromatic N) is 1. The monoisotopic (exact) mass is 242 g/mol. The van der Waals surface area contributed by atoms with Crippen molar-refractivity contribution in [2.24, 2.45) is 5.73 Å². The molecule has 2 rings (SSSR count). The maximum Gasteiger partial charge on any atom is 0.223 e. The van der Waals surface area contributed by atoms with E-state index >= 15 is 0 Å². The van der Waals surface area contributed by atoms with Crippen LogP contribution in [0, 0.1) is 6.92 Å². The van der Waals surface area contributed by atoms with Gasteiger partial charge in [0.25, 0.3) is 0 Å². The van der Waals surface area contributed by atoms with Crippen LogP contribution in [0.5, 0.6) is 11.6 Å². The van der Waals surface area contributed by atoms with Crippen LogP contribution in [0.1, 0.15) is 23.7 Å². The summed E-state index contributed by atoms with van der Waals surface area (Å²) in [6, 6.07) is 11.9. The van der Waals surface area contributed by atoms with Crippen molar-refractivity contribution in [1.29, 1.82) is 0 Å². The van der Waals surface area contributed by atoms with Crippen LogP contribution in [-0.2, 0) is 13.0 Å². The summed E-state index contributed by atoms with van der Waals surface area (Å²) in [5.74, 6) is 1.41. The first kappa shape index (κ1) is 12.6. The predicted molar refractivity (Wildman–Crippen MR) is 72.8 cm³/mol. The number of aryl methyl sites for hydroxylation is 2. The fraction of sp³-hybridized carbons (Fsp3) is 0.267. The van der Waals surface area contributed by atoms with Crippen LogP contribution in [0.15, 0.2) is 36.4 Å². The van der Waals surface area contributed by atoms with Gasteiger partial charge in [-0.3, -0.25) is 0 Å². The largest absolute Gasteiger partial charge is 0.439 e. The molecule has 3 nitrogen and oxygen atoms in total. The molecule has 0 aliphatic heterocycles. The molecule has 1 aromatic heterocycles. The summed E-state index contributed by atoms with van der Waals surface area (Å²) in [4.78, 5) is 4.39. The van der Waals surface area contributed by atoms with Crippen molar-refractivity contribution in [3.05, 3.63) is 53.2 Å². The Balaban J connectivity index is 2.29. The molecule has 3 heteroatoms. The second-order valence-corrected chi connectivity index (χ2v) is 4.22. The first-order chi connectivity index (χ1) is 8.72. The molecule has 0 spiro atoms. The molecular formula is C15H18N2O. The topological polar surface area (TPSA) is 48.1 Å². The number of aromatic nitrogens is 1. The molecule has 0 radical (unpaired) electrons. The highest BCUT2D eigenvalue weighted by atomic mass is 16.5. The third kappa shape index (κ3) is 2.87. The number of nitrogens with two attached hydrogens (primary N) is 1. The molecule has 18 heavy (non-hydrogen) atoms. The van der Waals surface area contributed by atoms with Crippen LogP contribution in [0.25, 0.3) is 0 Å². The number of ether oxygens (including phenoxy) is 1. The summed E-state index contributed by atoms with van der Waals surface area (Å²) >= 11 is 0. The van der Waals surface area contributed by atoms with E-state index in [1.54, 1.807) is 0 Å². The molecule has 0 saturated heterocycles. The first-order valence-corrected chi connectivity index (χ1v) is 6.16. The molecule has 0 bridgehead atoms. The van der Waals surface area contributed by atoms with Crippen molar-refractivity contribution in [2.45, 2.75) is 26.8 Å². The Morgan fingerprint density at radius 3 is 2.78 bits per heavy atom. The highest BCUT2D eigenvalue weighted by molar-refractivity contribution is 5.35. The van der Waals surface area contributed by atoms with Crippen molar-refractivity contribution in [3.8, 4) is 11.6 Å². The SMILES string of the molecule is CCc1cccc(Oc2nc(C)ccc2CN)c1. The van der Waals surface area contributed by atoms with Gasteiger partial charge in [0.15, 0.2) is 0 Å². The molecule has 0 amide bonds. The van der Waals surface area contributed by atoms with Crippen LogP contribution < -0.4 is 10.5 Å². The summed E-state index contributed by atoms with van der Waals surface area (Å²) in [6.45, 7) is 4.49. The fourth-order valence-electron chi connectivity index (χ4n) is 1.75. The minimum atomic E-state index is 0.427. The lowest BCUT2D eigenvalue weighted by Gasteiger charge is -2.10. The third-order valence-corrected chi connectivity index (χ3v) is 2.82. The lowest BCUT2D eigenvalue weighted by Crippen LogP contribution is -2.02. The van der Waals surface area contributed by atoms with Gasteiger partial charge in [-0.1, -0.05) is 25.1 Å². The van der Waals surface area contributed by atoms with E-state index in [1.165, 1.54) is 5.56 Å². The van der Waals surface area contributed by atoms with Crippen LogP contribution >= 0.6 is 0 Å².